The number of phosphoric ester groups is 1. The third-order valence-corrected chi connectivity index (χ3v) is 9.02. The van der Waals surface area contributed by atoms with E-state index in [0.29, 0.717) is 0 Å². The van der Waals surface area contributed by atoms with E-state index in [-0.39, 0.29) is 17.1 Å². The van der Waals surface area contributed by atoms with E-state index in [4.69, 9.17) is 25.2 Å². The van der Waals surface area contributed by atoms with E-state index >= 15 is 0 Å². The van der Waals surface area contributed by atoms with Crippen LogP contribution in [-0.2, 0) is 31.6 Å². The van der Waals surface area contributed by atoms with Crippen molar-refractivity contribution in [3.05, 3.63) is 16.7 Å². The molecule has 0 aliphatic carbocycles. The number of aromatic amines is 1. The van der Waals surface area contributed by atoms with Crippen LogP contribution < -0.4 is 11.3 Å². The number of hydrogen-bond donors (Lipinski definition) is 8. The number of nitrogens with zero attached hydrogens (tertiary/aromatic N) is 4. The van der Waals surface area contributed by atoms with Crippen LogP contribution in [0.2, 0.25) is 0 Å². The van der Waals surface area contributed by atoms with Crippen molar-refractivity contribution in [1.29, 1.82) is 0 Å². The molecule has 1 aliphatic heterocycles. The van der Waals surface area contributed by atoms with E-state index in [9.17, 15) is 33.6 Å². The summed E-state index contributed by atoms with van der Waals surface area (Å²) >= 11 is 0. The molecule has 1 aliphatic rings. The first-order valence-electron chi connectivity index (χ1n) is 11.2. The predicted molar refractivity (Wildman–Crippen MR) is 132 cm³/mol. The third kappa shape index (κ3) is 9.48. The van der Waals surface area contributed by atoms with Gasteiger partial charge in [-0.1, -0.05) is 20.8 Å². The van der Waals surface area contributed by atoms with Gasteiger partial charge in [-0.05, 0) is 19.6 Å². The van der Waals surface area contributed by atoms with Crippen molar-refractivity contribution in [2.24, 2.45) is 0 Å². The third-order valence-electron chi connectivity index (χ3n) is 5.22. The Bertz CT molecular complexity index is 1310. The molecule has 23 heteroatoms. The van der Waals surface area contributed by atoms with E-state index < -0.39 is 60.2 Å². The first-order chi connectivity index (χ1) is 17.9. The van der Waals surface area contributed by atoms with Gasteiger partial charge in [0.15, 0.2) is 17.4 Å². The van der Waals surface area contributed by atoms with Crippen molar-refractivity contribution in [3.63, 3.8) is 0 Å². The number of imidazole rings is 1. The molecule has 39 heavy (non-hydrogen) atoms. The largest absolute Gasteiger partial charge is 0.490 e. The zero-order valence-electron chi connectivity index (χ0n) is 20.9. The number of aromatic nitrogens is 4. The molecule has 2 aromatic rings. The van der Waals surface area contributed by atoms with E-state index in [1.54, 1.807) is 0 Å². The van der Waals surface area contributed by atoms with Crippen LogP contribution in [0, 0.1) is 0 Å². The van der Waals surface area contributed by atoms with Crippen molar-refractivity contribution in [1.82, 2.24) is 24.4 Å². The molecule has 0 bridgehead atoms. The van der Waals surface area contributed by atoms with Crippen LogP contribution in [0.1, 0.15) is 27.0 Å². The molecular weight excluding hydrogens is 598 g/mol. The van der Waals surface area contributed by atoms with Crippen LogP contribution in [0.25, 0.3) is 11.2 Å². The van der Waals surface area contributed by atoms with Crippen LogP contribution in [0.4, 0.5) is 5.95 Å². The first kappa shape index (κ1) is 33.6. The number of nitrogen functional groups attached to an aromatic ring is 1. The van der Waals surface area contributed by atoms with Gasteiger partial charge in [0, 0.05) is 0 Å². The maximum atomic E-state index is 11.9. The summed E-state index contributed by atoms with van der Waals surface area (Å²) < 4.78 is 51.6. The number of hydrogen-bond acceptors (Lipinski definition) is 14. The molecule has 0 aromatic carbocycles. The number of rotatable bonds is 11. The molecule has 3 heterocycles. The second-order valence-electron chi connectivity index (χ2n) is 7.83. The van der Waals surface area contributed by atoms with E-state index in [0.717, 1.165) is 10.9 Å². The topological polar surface area (TPSA) is 302 Å². The molecule has 20 nitrogen and oxygen atoms in total. The Morgan fingerprint density at radius 3 is 2.15 bits per heavy atom. The number of nitrogens with one attached hydrogen (secondary N) is 1. The molecule has 3 rings (SSSR count). The van der Waals surface area contributed by atoms with E-state index in [2.05, 4.69) is 53.8 Å². The van der Waals surface area contributed by atoms with Gasteiger partial charge < -0.3 is 45.2 Å². The Morgan fingerprint density at radius 2 is 1.64 bits per heavy atom. The summed E-state index contributed by atoms with van der Waals surface area (Å²) in [5, 5.41) is 20.4. The molecule has 2 unspecified atom stereocenters. The van der Waals surface area contributed by atoms with Crippen molar-refractivity contribution >= 4 is 40.6 Å². The molecule has 9 N–H and O–H groups in total. The van der Waals surface area contributed by atoms with Gasteiger partial charge >= 0.3 is 23.5 Å². The highest BCUT2D eigenvalue weighted by atomic mass is 31.3. The van der Waals surface area contributed by atoms with Gasteiger partial charge in [0.05, 0.1) is 12.9 Å². The standard InChI is InChI=1S/C10H16N5O14P3.C6H15N/c11-10-13-7-4(8(18)14-10)12-2-15(7)9-6(17)5(16)3(27-9)1-26-31(22,23)29-32(24,25)28-30(19,20)21;1-4-7(5-2)6-3/h2-3,5-6,9,16-17H,1H2,(H,22,23)(H,24,25)(H2,19,20,21)(H3,11,13,14,18);4-6H2,1-3H3/t3-,5-,6-,9-;/m1./s1/i1+1,3+1,5+1,6+1,9+1;. The lowest BCUT2D eigenvalue weighted by Crippen LogP contribution is -2.33. The fourth-order valence-corrected chi connectivity index (χ4v) is 6.40. The normalized spacial score (nSPS) is 24.8. The average Bonchev–Trinajstić information content (AvgIpc) is 3.33. The number of aliphatic hydroxyl groups is 2. The molecule has 0 amide bonds. The lowest BCUT2D eigenvalue weighted by Gasteiger charge is -2.19. The van der Waals surface area contributed by atoms with E-state index in [1.165, 1.54) is 19.6 Å². The molecule has 1 saturated heterocycles. The van der Waals surface area contributed by atoms with Gasteiger partial charge in [0.2, 0.25) is 5.95 Å². The quantitative estimate of drug-likeness (QED) is 0.109. The molecule has 0 saturated carbocycles. The zero-order chi connectivity index (χ0) is 29.8. The lowest BCUT2D eigenvalue weighted by molar-refractivity contribution is -0.0503. The maximum absolute atomic E-state index is 11.9. The second kappa shape index (κ2) is 13.4. The van der Waals surface area contributed by atoms with Crippen LogP contribution in [-0.4, -0.2) is 98.8 Å². The molecule has 0 radical (unpaired) electrons. The zero-order valence-corrected chi connectivity index (χ0v) is 23.6. The predicted octanol–water partition coefficient (Wildman–Crippen LogP) is -0.988. The Balaban J connectivity index is 0.000000673. The highest BCUT2D eigenvalue weighted by molar-refractivity contribution is 7.66. The molecular formula is C16H31N6O14P3. The smallest absolute Gasteiger partial charge is 0.387 e. The van der Waals surface area contributed by atoms with Gasteiger partial charge in [0.1, 0.15) is 18.3 Å². The minimum absolute atomic E-state index is 0.115. The maximum Gasteiger partial charge on any atom is 0.490 e. The summed E-state index contributed by atoms with van der Waals surface area (Å²) in [6.07, 6.45) is -5.33. The summed E-state index contributed by atoms with van der Waals surface area (Å²) in [5.41, 5.74) is 4.50. The number of nitrogens with two attached hydrogens (primary N) is 1. The Labute approximate surface area is 220 Å². The van der Waals surface area contributed by atoms with Crippen molar-refractivity contribution < 1.29 is 61.4 Å². The van der Waals surface area contributed by atoms with E-state index in [1.807, 2.05) is 0 Å². The number of H-pyrrole nitrogens is 1. The summed E-state index contributed by atoms with van der Waals surface area (Å²) in [6, 6.07) is 0. The Kier molecular flexibility index (Phi) is 11.5. The molecule has 6 atom stereocenters. The van der Waals surface area contributed by atoms with Crippen LogP contribution in [0.5, 0.6) is 0 Å². The summed E-state index contributed by atoms with van der Waals surface area (Å²) in [7, 11) is -16.8. The fourth-order valence-electron chi connectivity index (χ4n) is 3.37. The second-order valence-corrected chi connectivity index (χ2v) is 12.2. The number of aliphatic hydroxyl groups excluding tert-OH is 2. The number of ether oxygens (including phenoxy) is 1. The summed E-state index contributed by atoms with van der Waals surface area (Å²) in [4.78, 5) is 59.7. The van der Waals surface area contributed by atoms with Gasteiger partial charge in [-0.15, -0.1) is 0 Å². The molecule has 1 fully saturated rings. The summed E-state index contributed by atoms with van der Waals surface area (Å²) in [6.45, 7) is 9.11. The number of phosphoric acid groups is 3. The SMILES string of the molecule is CCN(CC)CC.Nc1nc2c(ncn2[13C@@H]2O[13C@H]([13CH2]OP(=O)(O)OP(=O)(O)OP(=O)(O)O)[13C@@H](O)[13C@H]2O)c(=O)[nH]1. The van der Waals surface area contributed by atoms with Gasteiger partial charge in [-0.2, -0.15) is 13.6 Å². The first-order valence-corrected chi connectivity index (χ1v) is 15.7. The van der Waals surface area contributed by atoms with Crippen LogP contribution in [0.3, 0.4) is 0 Å². The van der Waals surface area contributed by atoms with Crippen molar-refractivity contribution in [3.8, 4) is 0 Å². The minimum atomic E-state index is -5.73. The highest BCUT2D eigenvalue weighted by Crippen LogP contribution is 2.66. The monoisotopic (exact) mass is 629 g/mol. The van der Waals surface area contributed by atoms with Crippen molar-refractivity contribution in [2.45, 2.75) is 45.3 Å². The lowest BCUT2D eigenvalue weighted by atomic mass is 10.5. The Hall–Kier alpha value is -1.60. The van der Waals surface area contributed by atoms with Gasteiger partial charge in [-0.3, -0.25) is 18.9 Å². The van der Waals surface area contributed by atoms with Crippen LogP contribution >= 0.6 is 23.5 Å². The fraction of sp³-hybridized carbons (Fsp3) is 0.688. The van der Waals surface area contributed by atoms with Crippen LogP contribution in [0.15, 0.2) is 11.1 Å². The van der Waals surface area contributed by atoms with Gasteiger partial charge in [0.25, 0.3) is 5.56 Å². The number of anilines is 1. The van der Waals surface area contributed by atoms with Gasteiger partial charge in [-0.25, -0.2) is 18.7 Å². The Morgan fingerprint density at radius 1 is 1.05 bits per heavy atom. The summed E-state index contributed by atoms with van der Waals surface area (Å²) in [5.74, 6) is -0.276. The number of fused-ring (bicyclic) bond motifs is 1. The minimum Gasteiger partial charge on any atom is -0.387 e. The molecule has 2 aromatic heterocycles. The molecule has 0 spiro atoms. The average molecular weight is 629 g/mol. The highest BCUT2D eigenvalue weighted by Gasteiger charge is 2.47. The molecule has 224 valence electrons. The van der Waals surface area contributed by atoms with Crippen molar-refractivity contribution in [2.75, 3.05) is 32.0 Å².